The number of thiophene rings is 1. The van der Waals surface area contributed by atoms with E-state index in [0.29, 0.717) is 32.1 Å². The number of esters is 1. The molecule has 1 aliphatic carbocycles. The van der Waals surface area contributed by atoms with Crippen LogP contribution in [0, 0.1) is 0 Å². The number of benzene rings is 2. The molecule has 2 aromatic carbocycles. The van der Waals surface area contributed by atoms with Crippen LogP contribution in [0.5, 0.6) is 5.75 Å². The maximum atomic E-state index is 12.5. The molecule has 3 aromatic rings. The lowest BCUT2D eigenvalue weighted by Gasteiger charge is -2.09. The Bertz CT molecular complexity index is 1390. The van der Waals surface area contributed by atoms with Gasteiger partial charge >= 0.3 is 17.8 Å². The molecule has 2 N–H and O–H groups in total. The van der Waals surface area contributed by atoms with E-state index in [4.69, 9.17) is 32.7 Å². The molecule has 2 amide bonds. The van der Waals surface area contributed by atoms with Crippen molar-refractivity contribution in [2.24, 2.45) is 5.10 Å². The van der Waals surface area contributed by atoms with Gasteiger partial charge in [-0.2, -0.15) is 5.10 Å². The summed E-state index contributed by atoms with van der Waals surface area (Å²) in [6.07, 6.45) is 2.51. The third kappa shape index (κ3) is 6.30. The molecule has 11 heteroatoms. The number of methoxy groups -OCH3 is 1. The average molecular weight is 560 g/mol. The number of carbonyl (C=O) groups excluding carboxylic acids is 3. The quantitative estimate of drug-likeness (QED) is 0.175. The fourth-order valence-electron chi connectivity index (χ4n) is 3.81. The van der Waals surface area contributed by atoms with Gasteiger partial charge in [0.1, 0.15) is 17.4 Å². The zero-order chi connectivity index (χ0) is 26.5. The Hall–Kier alpha value is -3.40. The average Bonchev–Trinajstić information content (AvgIpc) is 3.47. The molecule has 1 aliphatic rings. The van der Waals surface area contributed by atoms with Crippen LogP contribution < -0.4 is 15.5 Å². The predicted molar refractivity (Wildman–Crippen MR) is 144 cm³/mol. The zero-order valence-corrected chi connectivity index (χ0v) is 22.4. The molecule has 37 heavy (non-hydrogen) atoms. The van der Waals surface area contributed by atoms with Gasteiger partial charge in [0.2, 0.25) is 0 Å². The lowest BCUT2D eigenvalue weighted by Crippen LogP contribution is -2.33. The first kappa shape index (κ1) is 26.7. The molecule has 4 rings (SSSR count). The van der Waals surface area contributed by atoms with Crippen LogP contribution in [-0.2, 0) is 33.8 Å². The van der Waals surface area contributed by atoms with Crippen molar-refractivity contribution in [3.05, 3.63) is 79.6 Å². The monoisotopic (exact) mass is 559 g/mol. The molecule has 0 fully saturated rings. The van der Waals surface area contributed by atoms with E-state index < -0.39 is 17.8 Å². The van der Waals surface area contributed by atoms with Gasteiger partial charge in [-0.3, -0.25) is 9.59 Å². The third-order valence-corrected chi connectivity index (χ3v) is 7.54. The van der Waals surface area contributed by atoms with Gasteiger partial charge in [-0.1, -0.05) is 29.3 Å². The van der Waals surface area contributed by atoms with Crippen LogP contribution >= 0.6 is 34.5 Å². The van der Waals surface area contributed by atoms with E-state index in [9.17, 15) is 14.4 Å². The van der Waals surface area contributed by atoms with Crippen molar-refractivity contribution >= 4 is 63.0 Å². The molecule has 8 nitrogen and oxygen atoms in total. The van der Waals surface area contributed by atoms with E-state index in [1.54, 1.807) is 49.4 Å². The van der Waals surface area contributed by atoms with Crippen LogP contribution in [0.3, 0.4) is 0 Å². The van der Waals surface area contributed by atoms with E-state index in [0.717, 1.165) is 40.8 Å². The number of aryl methyl sites for hydroxylation is 1. The molecule has 0 saturated heterocycles. The summed E-state index contributed by atoms with van der Waals surface area (Å²) >= 11 is 13.4. The van der Waals surface area contributed by atoms with E-state index in [-0.39, 0.29) is 6.61 Å². The lowest BCUT2D eigenvalue weighted by molar-refractivity contribution is -0.136. The highest BCUT2D eigenvalue weighted by atomic mass is 35.5. The van der Waals surface area contributed by atoms with Crippen molar-refractivity contribution in [1.82, 2.24) is 5.43 Å². The maximum absolute atomic E-state index is 12.5. The number of ether oxygens (including phenoxy) is 2. The van der Waals surface area contributed by atoms with Gasteiger partial charge in [0.05, 0.1) is 18.4 Å². The van der Waals surface area contributed by atoms with Gasteiger partial charge < -0.3 is 14.8 Å². The van der Waals surface area contributed by atoms with E-state index >= 15 is 0 Å². The highest BCUT2D eigenvalue weighted by Crippen LogP contribution is 2.39. The van der Waals surface area contributed by atoms with E-state index in [1.165, 1.54) is 18.4 Å². The number of hydrogen-bond donors (Lipinski definition) is 2. The molecular formula is C26H23Cl2N3O5S. The molecule has 192 valence electrons. The van der Waals surface area contributed by atoms with Crippen molar-refractivity contribution in [2.45, 2.75) is 32.8 Å². The first-order valence-corrected chi connectivity index (χ1v) is 12.9. The SMILES string of the molecule is COC(=O)c1c(NC(=O)C(=O)N/N=C(\C)c2ccc(OCc3ccc(Cl)cc3Cl)cc2)sc2c1CCC2. The molecule has 0 unspecified atom stereocenters. The molecule has 0 atom stereocenters. The minimum absolute atomic E-state index is 0.276. The Morgan fingerprint density at radius 2 is 1.81 bits per heavy atom. The van der Waals surface area contributed by atoms with Crippen LogP contribution in [0.1, 0.15) is 45.3 Å². The number of anilines is 1. The Kier molecular flexibility index (Phi) is 8.48. The second kappa shape index (κ2) is 11.8. The first-order chi connectivity index (χ1) is 17.8. The number of carbonyl (C=O) groups is 3. The Balaban J connectivity index is 1.34. The number of nitrogens with zero attached hydrogens (tertiary/aromatic N) is 1. The van der Waals surface area contributed by atoms with Gasteiger partial charge in [-0.05, 0) is 73.7 Å². The molecule has 0 bridgehead atoms. The van der Waals surface area contributed by atoms with Gasteiger partial charge in [0.15, 0.2) is 0 Å². The minimum atomic E-state index is -0.955. The highest BCUT2D eigenvalue weighted by molar-refractivity contribution is 7.17. The van der Waals surface area contributed by atoms with Gasteiger partial charge in [0.25, 0.3) is 0 Å². The van der Waals surface area contributed by atoms with Crippen molar-refractivity contribution in [2.75, 3.05) is 12.4 Å². The summed E-state index contributed by atoms with van der Waals surface area (Å²) in [5, 5.41) is 7.94. The molecule has 1 heterocycles. The van der Waals surface area contributed by atoms with Gasteiger partial charge in [-0.15, -0.1) is 11.3 Å². The van der Waals surface area contributed by atoms with Crippen molar-refractivity contribution in [3.8, 4) is 5.75 Å². The summed E-state index contributed by atoms with van der Waals surface area (Å²) in [5.41, 5.74) is 5.47. The second-order valence-corrected chi connectivity index (χ2v) is 10.1. The molecule has 0 saturated carbocycles. The lowest BCUT2D eigenvalue weighted by atomic mass is 10.1. The van der Waals surface area contributed by atoms with Crippen LogP contribution in [0.25, 0.3) is 0 Å². The van der Waals surface area contributed by atoms with Crippen molar-refractivity contribution < 1.29 is 23.9 Å². The van der Waals surface area contributed by atoms with Crippen LogP contribution in [0.4, 0.5) is 5.00 Å². The fraction of sp³-hybridized carbons (Fsp3) is 0.231. The molecule has 0 aliphatic heterocycles. The smallest absolute Gasteiger partial charge is 0.341 e. The highest BCUT2D eigenvalue weighted by Gasteiger charge is 2.29. The molecule has 0 spiro atoms. The van der Waals surface area contributed by atoms with Gasteiger partial charge in [0, 0.05) is 20.5 Å². The number of hydrogen-bond acceptors (Lipinski definition) is 7. The number of hydrazone groups is 1. The standard InChI is InChI=1S/C26H23Cl2N3O5S/c1-14(15-7-10-18(11-8-15)36-13-16-6-9-17(27)12-20(16)28)30-31-24(33)23(32)29-25-22(26(34)35-2)19-4-3-5-21(19)37-25/h6-12H,3-5,13H2,1-2H3,(H,29,32)(H,31,33)/b30-14+. The van der Waals surface area contributed by atoms with Crippen LogP contribution in [-0.4, -0.2) is 30.6 Å². The summed E-state index contributed by atoms with van der Waals surface area (Å²) in [5.74, 6) is -1.79. The summed E-state index contributed by atoms with van der Waals surface area (Å²) < 4.78 is 10.6. The first-order valence-electron chi connectivity index (χ1n) is 11.3. The molecule has 0 radical (unpaired) electrons. The van der Waals surface area contributed by atoms with Crippen LogP contribution in [0.2, 0.25) is 10.0 Å². The van der Waals surface area contributed by atoms with Crippen molar-refractivity contribution in [3.63, 3.8) is 0 Å². The van der Waals surface area contributed by atoms with Crippen molar-refractivity contribution in [1.29, 1.82) is 0 Å². The molecule has 1 aromatic heterocycles. The summed E-state index contributed by atoms with van der Waals surface area (Å²) in [4.78, 5) is 38.1. The number of fused-ring (bicyclic) bond motifs is 1. The zero-order valence-electron chi connectivity index (χ0n) is 20.0. The Labute approximate surface area is 227 Å². The Morgan fingerprint density at radius 1 is 1.05 bits per heavy atom. The summed E-state index contributed by atoms with van der Waals surface area (Å²) in [6, 6.07) is 12.3. The largest absolute Gasteiger partial charge is 0.489 e. The normalized spacial score (nSPS) is 12.6. The Morgan fingerprint density at radius 3 is 2.51 bits per heavy atom. The van der Waals surface area contributed by atoms with Crippen LogP contribution in [0.15, 0.2) is 47.6 Å². The number of rotatable bonds is 7. The maximum Gasteiger partial charge on any atom is 0.341 e. The second-order valence-electron chi connectivity index (χ2n) is 8.19. The summed E-state index contributed by atoms with van der Waals surface area (Å²) in [7, 11) is 1.28. The topological polar surface area (TPSA) is 106 Å². The van der Waals surface area contributed by atoms with E-state index in [1.807, 2.05) is 0 Å². The predicted octanol–water partition coefficient (Wildman–Crippen LogP) is 5.39. The number of amides is 2. The third-order valence-electron chi connectivity index (χ3n) is 5.75. The summed E-state index contributed by atoms with van der Waals surface area (Å²) in [6.45, 7) is 1.97. The fourth-order valence-corrected chi connectivity index (χ4v) is 5.55. The minimum Gasteiger partial charge on any atom is -0.489 e. The number of halogens is 2. The number of nitrogens with one attached hydrogen (secondary N) is 2. The molecular weight excluding hydrogens is 537 g/mol. The van der Waals surface area contributed by atoms with Gasteiger partial charge in [-0.25, -0.2) is 10.2 Å². The van der Waals surface area contributed by atoms with E-state index in [2.05, 4.69) is 15.8 Å².